The number of hydrogen-bond donors (Lipinski definition) is 3. The first kappa shape index (κ1) is 37.2. The zero-order chi connectivity index (χ0) is 37.7. The van der Waals surface area contributed by atoms with Crippen molar-refractivity contribution in [1.82, 2.24) is 0 Å². The molecule has 1 unspecified atom stereocenters. The average Bonchev–Trinajstić information content (AvgIpc) is 3.07. The van der Waals surface area contributed by atoms with Crippen LogP contribution in [-0.4, -0.2) is 22.7 Å². The molecule has 0 spiro atoms. The van der Waals surface area contributed by atoms with E-state index in [1.165, 1.54) is 17.5 Å². The summed E-state index contributed by atoms with van der Waals surface area (Å²) in [6.45, 7) is 19.4. The molecule has 274 valence electrons. The second kappa shape index (κ2) is 14.1. The Morgan fingerprint density at radius 3 is 1.92 bits per heavy atom. The van der Waals surface area contributed by atoms with Gasteiger partial charge in [-0.1, -0.05) is 111 Å². The number of carbonyl (C=O) groups excluding carboxylic acids is 2. The molecule has 52 heavy (non-hydrogen) atoms. The highest BCUT2D eigenvalue weighted by Crippen LogP contribution is 2.47. The van der Waals surface area contributed by atoms with Gasteiger partial charge in [-0.2, -0.15) is 0 Å². The number of carbonyl (C=O) groups is 2. The van der Waals surface area contributed by atoms with Crippen LogP contribution in [0.1, 0.15) is 165 Å². The maximum absolute atomic E-state index is 14.1. The molecule has 6 heteroatoms. The van der Waals surface area contributed by atoms with Gasteiger partial charge in [-0.3, -0.25) is 9.59 Å². The Hall–Kier alpha value is -4.58. The normalized spacial score (nSPS) is 15.6. The lowest BCUT2D eigenvalue weighted by atomic mass is 9.76. The lowest BCUT2D eigenvalue weighted by Crippen LogP contribution is -2.28. The number of hydrogen-bond acceptors (Lipinski definition) is 6. The number of rotatable bonds is 8. The summed E-state index contributed by atoms with van der Waals surface area (Å²) in [4.78, 5) is 28.2. The summed E-state index contributed by atoms with van der Waals surface area (Å²) in [6.07, 6.45) is 7.38. The molecule has 6 rings (SSSR count). The molecule has 4 aromatic rings. The molecule has 2 aliphatic rings. The Labute approximate surface area is 310 Å². The third kappa shape index (κ3) is 6.97. The number of nitrogens with one attached hydrogen (secondary N) is 1. The number of phenolic OH excluding ortho intramolecular Hbond substituents is 1. The molecule has 0 aliphatic heterocycles. The van der Waals surface area contributed by atoms with Crippen LogP contribution in [0.15, 0.2) is 54.6 Å². The second-order valence-electron chi connectivity index (χ2n) is 17.1. The van der Waals surface area contributed by atoms with E-state index >= 15 is 0 Å². The van der Waals surface area contributed by atoms with Gasteiger partial charge in [0.1, 0.15) is 11.5 Å². The minimum absolute atomic E-state index is 0.116. The van der Waals surface area contributed by atoms with Gasteiger partial charge in [0.2, 0.25) is 0 Å². The van der Waals surface area contributed by atoms with E-state index in [4.69, 9.17) is 10.5 Å². The van der Waals surface area contributed by atoms with Crippen molar-refractivity contribution in [2.24, 2.45) is 0 Å². The lowest BCUT2D eigenvalue weighted by Gasteiger charge is -2.30. The van der Waals surface area contributed by atoms with E-state index in [0.29, 0.717) is 39.6 Å². The van der Waals surface area contributed by atoms with Crippen LogP contribution in [0, 0.1) is 13.8 Å². The number of anilines is 2. The first-order valence-electron chi connectivity index (χ1n) is 19.1. The molecule has 0 bridgehead atoms. The number of nitrogens with two attached hydrogens (primary N) is 1. The number of benzene rings is 4. The van der Waals surface area contributed by atoms with Crippen LogP contribution in [0.25, 0.3) is 0 Å². The summed E-state index contributed by atoms with van der Waals surface area (Å²) in [6, 6.07) is 17.5. The SMILES string of the molecule is CCCC(c1cc(C(C)(C)C)c(O)cc1C)c1cc(C(C)(C)C)c(Oc2cc(NC3CCCCC3)c3c(c2N)C(=O)c2ccccc2C3=O)cc1C. The molecule has 0 radical (unpaired) electrons. The molecule has 0 aromatic heterocycles. The van der Waals surface area contributed by atoms with Crippen molar-refractivity contribution < 1.29 is 19.4 Å². The van der Waals surface area contributed by atoms with Gasteiger partial charge in [-0.15, -0.1) is 0 Å². The molecule has 1 atom stereocenters. The van der Waals surface area contributed by atoms with Crippen molar-refractivity contribution >= 4 is 22.9 Å². The summed E-state index contributed by atoms with van der Waals surface area (Å²) in [5.41, 5.74) is 15.0. The Bertz CT molecular complexity index is 2040. The van der Waals surface area contributed by atoms with E-state index in [9.17, 15) is 14.7 Å². The Morgan fingerprint density at radius 2 is 1.35 bits per heavy atom. The highest BCUT2D eigenvalue weighted by molar-refractivity contribution is 6.32. The predicted octanol–water partition coefficient (Wildman–Crippen LogP) is 11.4. The molecule has 0 heterocycles. The van der Waals surface area contributed by atoms with Crippen molar-refractivity contribution in [3.8, 4) is 17.2 Å². The van der Waals surface area contributed by atoms with Gasteiger partial charge >= 0.3 is 0 Å². The Morgan fingerprint density at radius 1 is 0.788 bits per heavy atom. The summed E-state index contributed by atoms with van der Waals surface area (Å²) in [5.74, 6) is 1.04. The van der Waals surface area contributed by atoms with Gasteiger partial charge < -0.3 is 20.9 Å². The fourth-order valence-corrected chi connectivity index (χ4v) is 8.27. The van der Waals surface area contributed by atoms with Gasteiger partial charge in [0, 0.05) is 34.7 Å². The molecule has 1 fully saturated rings. The summed E-state index contributed by atoms with van der Waals surface area (Å²) >= 11 is 0. The molecule has 6 nitrogen and oxygen atoms in total. The molecular weight excluding hydrogens is 645 g/mol. The standard InChI is InChI=1S/C46H56N2O4/c1-10-16-29(32-23-34(45(4,5)6)37(49)21-26(32)2)33-24-35(46(7,8)9)38(22-27(33)3)52-39-25-36(48-28-17-12-11-13-18-28)40-41(42(39)47)44(51)31-20-15-14-19-30(31)43(40)50/h14-15,19-25,28-29,48-49H,10-13,16-18,47H2,1-9H3. The topological polar surface area (TPSA) is 102 Å². The summed E-state index contributed by atoms with van der Waals surface area (Å²) < 4.78 is 6.86. The number of ether oxygens (including phenoxy) is 1. The molecular formula is C46H56N2O4. The molecule has 0 amide bonds. The quantitative estimate of drug-likeness (QED) is 0.139. The maximum Gasteiger partial charge on any atom is 0.196 e. The molecule has 0 saturated heterocycles. The maximum atomic E-state index is 14.1. The number of ketones is 2. The highest BCUT2D eigenvalue weighted by Gasteiger charge is 2.36. The van der Waals surface area contributed by atoms with E-state index in [-0.39, 0.29) is 45.6 Å². The molecule has 4 aromatic carbocycles. The Kier molecular flexibility index (Phi) is 10.1. The molecule has 1 saturated carbocycles. The second-order valence-corrected chi connectivity index (χ2v) is 17.1. The number of phenols is 1. The first-order chi connectivity index (χ1) is 24.5. The van der Waals surface area contributed by atoms with Gasteiger partial charge in [-0.25, -0.2) is 0 Å². The number of fused-ring (bicyclic) bond motifs is 2. The fraction of sp³-hybridized carbons (Fsp3) is 0.435. The van der Waals surface area contributed by atoms with E-state index in [1.807, 2.05) is 12.1 Å². The smallest absolute Gasteiger partial charge is 0.196 e. The third-order valence-electron chi connectivity index (χ3n) is 11.1. The zero-order valence-electron chi connectivity index (χ0n) is 32.5. The van der Waals surface area contributed by atoms with E-state index in [1.54, 1.807) is 24.3 Å². The first-order valence-corrected chi connectivity index (χ1v) is 19.1. The molecule has 4 N–H and O–H groups in total. The predicted molar refractivity (Wildman–Crippen MR) is 213 cm³/mol. The monoisotopic (exact) mass is 700 g/mol. The van der Waals surface area contributed by atoms with Gasteiger partial charge in [0.15, 0.2) is 17.3 Å². The van der Waals surface area contributed by atoms with E-state index in [0.717, 1.165) is 60.8 Å². The number of aromatic hydroxyl groups is 1. The summed E-state index contributed by atoms with van der Waals surface area (Å²) in [7, 11) is 0. The van der Waals surface area contributed by atoms with Crippen LogP contribution >= 0.6 is 0 Å². The van der Waals surface area contributed by atoms with Crippen LogP contribution in [0.2, 0.25) is 0 Å². The van der Waals surface area contributed by atoms with Gasteiger partial charge in [0.05, 0.1) is 22.5 Å². The number of aryl methyl sites for hydroxylation is 2. The highest BCUT2D eigenvalue weighted by atomic mass is 16.5. The minimum atomic E-state index is -0.300. The van der Waals surface area contributed by atoms with Crippen molar-refractivity contribution in [2.45, 2.75) is 130 Å². The van der Waals surface area contributed by atoms with Crippen molar-refractivity contribution in [1.29, 1.82) is 0 Å². The van der Waals surface area contributed by atoms with Crippen LogP contribution in [-0.2, 0) is 10.8 Å². The fourth-order valence-electron chi connectivity index (χ4n) is 8.27. The van der Waals surface area contributed by atoms with Crippen molar-refractivity contribution in [2.75, 3.05) is 11.1 Å². The minimum Gasteiger partial charge on any atom is -0.508 e. The largest absolute Gasteiger partial charge is 0.508 e. The lowest BCUT2D eigenvalue weighted by molar-refractivity contribution is 0.0980. The van der Waals surface area contributed by atoms with Crippen LogP contribution in [0.3, 0.4) is 0 Å². The van der Waals surface area contributed by atoms with Crippen LogP contribution in [0.4, 0.5) is 11.4 Å². The van der Waals surface area contributed by atoms with Crippen LogP contribution in [0.5, 0.6) is 17.2 Å². The van der Waals surface area contributed by atoms with Gasteiger partial charge in [-0.05, 0) is 83.9 Å². The van der Waals surface area contributed by atoms with Crippen LogP contribution < -0.4 is 15.8 Å². The van der Waals surface area contributed by atoms with Crippen molar-refractivity contribution in [3.63, 3.8) is 0 Å². The Balaban J connectivity index is 1.50. The average molecular weight is 701 g/mol. The van der Waals surface area contributed by atoms with E-state index in [2.05, 4.69) is 85.8 Å². The molecule has 2 aliphatic carbocycles. The van der Waals surface area contributed by atoms with Gasteiger partial charge in [0.25, 0.3) is 0 Å². The van der Waals surface area contributed by atoms with Crippen molar-refractivity contribution in [3.05, 3.63) is 110 Å². The van der Waals surface area contributed by atoms with E-state index < -0.39 is 0 Å². The zero-order valence-corrected chi connectivity index (χ0v) is 32.5. The number of nitrogen functional groups attached to an aromatic ring is 1. The summed E-state index contributed by atoms with van der Waals surface area (Å²) in [5, 5.41) is 14.6. The third-order valence-corrected chi connectivity index (χ3v) is 11.1.